The third-order valence-corrected chi connectivity index (χ3v) is 5.58. The number of rotatable bonds is 5. The van der Waals surface area contributed by atoms with E-state index in [1.165, 1.54) is 12.5 Å². The molecule has 1 fully saturated rings. The molecule has 0 radical (unpaired) electrons. The average molecular weight is 391 g/mol. The third kappa shape index (κ3) is 4.19. The van der Waals surface area contributed by atoms with Crippen LogP contribution in [-0.2, 0) is 4.79 Å². The second-order valence-electron chi connectivity index (χ2n) is 7.44. The minimum absolute atomic E-state index is 0.00931. The molecule has 0 bridgehead atoms. The van der Waals surface area contributed by atoms with E-state index in [2.05, 4.69) is 6.92 Å². The Balaban J connectivity index is 1.55. The van der Waals surface area contributed by atoms with Gasteiger partial charge in [-0.25, -0.2) is 4.79 Å². The maximum Gasteiger partial charge on any atom is 0.336 e. The van der Waals surface area contributed by atoms with E-state index in [1.807, 2.05) is 47.4 Å². The van der Waals surface area contributed by atoms with Crippen LogP contribution >= 0.6 is 0 Å². The molecule has 29 heavy (non-hydrogen) atoms. The van der Waals surface area contributed by atoms with Crippen LogP contribution in [0.2, 0.25) is 0 Å². The highest BCUT2D eigenvalue weighted by molar-refractivity contribution is 5.93. The molecule has 0 N–H and O–H groups in total. The van der Waals surface area contributed by atoms with E-state index < -0.39 is 5.63 Å². The van der Waals surface area contributed by atoms with Gasteiger partial charge in [0.25, 0.3) is 5.91 Å². The quantitative estimate of drug-likeness (QED) is 0.595. The number of piperidine rings is 1. The lowest BCUT2D eigenvalue weighted by Gasteiger charge is -2.35. The van der Waals surface area contributed by atoms with Gasteiger partial charge < -0.3 is 14.1 Å². The van der Waals surface area contributed by atoms with Crippen molar-refractivity contribution < 1.29 is 13.9 Å². The van der Waals surface area contributed by atoms with Gasteiger partial charge in [0.2, 0.25) is 0 Å². The molecule has 0 unspecified atom stereocenters. The lowest BCUT2D eigenvalue weighted by molar-refractivity contribution is -0.137. The normalized spacial score (nSPS) is 16.7. The van der Waals surface area contributed by atoms with Crippen LogP contribution in [0.3, 0.4) is 0 Å². The standard InChI is InChI=1S/C24H25NO4/c1-2-18-10-6-7-13-25(18)23(26)16-28-19-11-12-20-21(17-8-4-3-5-9-17)15-24(27)29-22(20)14-19/h3-5,8-9,11-12,14-15,18H,2,6-7,10,13,16H2,1H3/t18-/m1/s1. The summed E-state index contributed by atoms with van der Waals surface area (Å²) in [5.41, 5.74) is 1.80. The van der Waals surface area contributed by atoms with Crippen molar-refractivity contribution >= 4 is 16.9 Å². The summed E-state index contributed by atoms with van der Waals surface area (Å²) >= 11 is 0. The van der Waals surface area contributed by atoms with E-state index in [4.69, 9.17) is 9.15 Å². The van der Waals surface area contributed by atoms with E-state index >= 15 is 0 Å². The first-order valence-corrected chi connectivity index (χ1v) is 10.2. The number of ether oxygens (including phenoxy) is 1. The van der Waals surface area contributed by atoms with E-state index in [1.54, 1.807) is 6.07 Å². The Morgan fingerprint density at radius 3 is 2.76 bits per heavy atom. The molecule has 2 aromatic carbocycles. The van der Waals surface area contributed by atoms with Gasteiger partial charge in [-0.2, -0.15) is 0 Å². The fourth-order valence-corrected chi connectivity index (χ4v) is 4.07. The summed E-state index contributed by atoms with van der Waals surface area (Å²) in [4.78, 5) is 26.6. The molecule has 150 valence electrons. The molecule has 0 spiro atoms. The zero-order chi connectivity index (χ0) is 20.2. The molecule has 5 nitrogen and oxygen atoms in total. The number of hydrogen-bond acceptors (Lipinski definition) is 4. The van der Waals surface area contributed by atoms with Crippen molar-refractivity contribution in [2.24, 2.45) is 0 Å². The van der Waals surface area contributed by atoms with Gasteiger partial charge in [-0.05, 0) is 48.9 Å². The lowest BCUT2D eigenvalue weighted by Crippen LogP contribution is -2.45. The first-order chi connectivity index (χ1) is 14.2. The van der Waals surface area contributed by atoms with Crippen LogP contribution in [0.5, 0.6) is 5.75 Å². The highest BCUT2D eigenvalue weighted by atomic mass is 16.5. The SMILES string of the molecule is CC[C@@H]1CCCCN1C(=O)COc1ccc2c(-c3ccccc3)cc(=O)oc2c1. The van der Waals surface area contributed by atoms with Gasteiger partial charge in [0.15, 0.2) is 6.61 Å². The van der Waals surface area contributed by atoms with Gasteiger partial charge in [-0.15, -0.1) is 0 Å². The zero-order valence-corrected chi connectivity index (χ0v) is 16.6. The second kappa shape index (κ2) is 8.52. The molecular formula is C24H25NO4. The number of benzene rings is 2. The molecule has 5 heteroatoms. The topological polar surface area (TPSA) is 59.8 Å². The van der Waals surface area contributed by atoms with E-state index in [-0.39, 0.29) is 12.5 Å². The van der Waals surface area contributed by atoms with Gasteiger partial charge in [0, 0.05) is 30.1 Å². The first kappa shape index (κ1) is 19.2. The fourth-order valence-electron chi connectivity index (χ4n) is 4.07. The Morgan fingerprint density at radius 1 is 1.14 bits per heavy atom. The lowest BCUT2D eigenvalue weighted by atomic mass is 10.00. The molecule has 0 aliphatic carbocycles. The van der Waals surface area contributed by atoms with Crippen molar-refractivity contribution in [1.29, 1.82) is 0 Å². The molecule has 1 saturated heterocycles. The van der Waals surface area contributed by atoms with Gasteiger partial charge in [0.05, 0.1) is 0 Å². The number of nitrogens with zero attached hydrogens (tertiary/aromatic N) is 1. The van der Waals surface area contributed by atoms with Crippen LogP contribution in [0.1, 0.15) is 32.6 Å². The smallest absolute Gasteiger partial charge is 0.336 e. The number of likely N-dealkylation sites (tertiary alicyclic amines) is 1. The van der Waals surface area contributed by atoms with Crippen molar-refractivity contribution in [3.05, 3.63) is 65.0 Å². The number of hydrogen-bond donors (Lipinski definition) is 0. The average Bonchev–Trinajstić information content (AvgIpc) is 2.77. The highest BCUT2D eigenvalue weighted by Crippen LogP contribution is 2.29. The maximum absolute atomic E-state index is 12.6. The summed E-state index contributed by atoms with van der Waals surface area (Å²) in [7, 11) is 0. The Labute approximate surface area is 169 Å². The predicted molar refractivity (Wildman–Crippen MR) is 113 cm³/mol. The van der Waals surface area contributed by atoms with Crippen LogP contribution in [0.4, 0.5) is 0 Å². The van der Waals surface area contributed by atoms with Crippen LogP contribution in [0, 0.1) is 0 Å². The number of fused-ring (bicyclic) bond motifs is 1. The van der Waals surface area contributed by atoms with Crippen molar-refractivity contribution in [3.63, 3.8) is 0 Å². The highest BCUT2D eigenvalue weighted by Gasteiger charge is 2.25. The summed E-state index contributed by atoms with van der Waals surface area (Å²) in [6.45, 7) is 2.91. The van der Waals surface area contributed by atoms with Crippen molar-refractivity contribution in [2.45, 2.75) is 38.6 Å². The van der Waals surface area contributed by atoms with Crippen LogP contribution in [0.15, 0.2) is 63.8 Å². The Bertz CT molecular complexity index is 1060. The third-order valence-electron chi connectivity index (χ3n) is 5.58. The zero-order valence-electron chi connectivity index (χ0n) is 16.6. The molecular weight excluding hydrogens is 366 g/mol. The molecule has 2 heterocycles. The minimum Gasteiger partial charge on any atom is -0.484 e. The molecule has 4 rings (SSSR count). The summed E-state index contributed by atoms with van der Waals surface area (Å²) in [5.74, 6) is 0.528. The van der Waals surface area contributed by atoms with Gasteiger partial charge in [0.1, 0.15) is 11.3 Å². The van der Waals surface area contributed by atoms with E-state index in [0.29, 0.717) is 17.4 Å². The van der Waals surface area contributed by atoms with Crippen molar-refractivity contribution in [2.75, 3.05) is 13.2 Å². The van der Waals surface area contributed by atoms with Crippen LogP contribution in [-0.4, -0.2) is 30.0 Å². The number of carbonyl (C=O) groups excluding carboxylic acids is 1. The van der Waals surface area contributed by atoms with Gasteiger partial charge in [-0.1, -0.05) is 37.3 Å². The molecule has 1 aliphatic rings. The van der Waals surface area contributed by atoms with Gasteiger partial charge in [-0.3, -0.25) is 4.79 Å². The van der Waals surface area contributed by atoms with Crippen molar-refractivity contribution in [1.82, 2.24) is 4.90 Å². The number of carbonyl (C=O) groups is 1. The molecule has 1 aromatic heterocycles. The molecule has 1 aliphatic heterocycles. The summed E-state index contributed by atoms with van der Waals surface area (Å²) in [5, 5.41) is 0.830. The molecule has 1 atom stereocenters. The summed E-state index contributed by atoms with van der Waals surface area (Å²) in [6, 6.07) is 16.9. The summed E-state index contributed by atoms with van der Waals surface area (Å²) in [6.07, 6.45) is 4.25. The second-order valence-corrected chi connectivity index (χ2v) is 7.44. The monoisotopic (exact) mass is 391 g/mol. The predicted octanol–water partition coefficient (Wildman–Crippen LogP) is 4.63. The van der Waals surface area contributed by atoms with E-state index in [9.17, 15) is 9.59 Å². The maximum atomic E-state index is 12.6. The van der Waals surface area contributed by atoms with Crippen LogP contribution < -0.4 is 10.4 Å². The Kier molecular flexibility index (Phi) is 5.65. The molecule has 0 saturated carbocycles. The van der Waals surface area contributed by atoms with Gasteiger partial charge >= 0.3 is 5.63 Å². The van der Waals surface area contributed by atoms with E-state index in [0.717, 1.165) is 42.3 Å². The Hall–Kier alpha value is -3.08. The van der Waals surface area contributed by atoms with Crippen LogP contribution in [0.25, 0.3) is 22.1 Å². The molecule has 3 aromatic rings. The summed E-state index contributed by atoms with van der Waals surface area (Å²) < 4.78 is 11.1. The first-order valence-electron chi connectivity index (χ1n) is 10.2. The Morgan fingerprint density at radius 2 is 1.97 bits per heavy atom. The minimum atomic E-state index is -0.413. The van der Waals surface area contributed by atoms with Crippen molar-refractivity contribution in [3.8, 4) is 16.9 Å². The largest absolute Gasteiger partial charge is 0.484 e. The number of amides is 1. The fraction of sp³-hybridized carbons (Fsp3) is 0.333. The molecule has 1 amide bonds.